The molecule has 0 aromatic heterocycles. The number of benzene rings is 2. The summed E-state index contributed by atoms with van der Waals surface area (Å²) in [7, 11) is 1.55. The van der Waals surface area contributed by atoms with Crippen LogP contribution in [0, 0.1) is 27.7 Å². The molecule has 22 heavy (non-hydrogen) atoms. The van der Waals surface area contributed by atoms with Crippen molar-refractivity contribution in [2.75, 3.05) is 12.4 Å². The average molecular weight is 318 g/mol. The standard InChI is InChI=1S/C18H20ClNO2/c1-10-6-12(3)17(13(4)7-10)18(21)20-15-8-11(2)14(19)9-16(15)22-5/h6-9H,1-5H3,(H,20,21). The molecule has 0 saturated carbocycles. The Hall–Kier alpha value is -2.00. The van der Waals surface area contributed by atoms with Crippen LogP contribution in [0.2, 0.25) is 5.02 Å². The Bertz CT molecular complexity index is 715. The first-order valence-corrected chi connectivity index (χ1v) is 7.44. The minimum atomic E-state index is -0.143. The highest BCUT2D eigenvalue weighted by Gasteiger charge is 2.16. The molecule has 0 spiro atoms. The molecule has 1 N–H and O–H groups in total. The second kappa shape index (κ2) is 6.41. The zero-order chi connectivity index (χ0) is 16.4. The van der Waals surface area contributed by atoms with E-state index in [1.54, 1.807) is 13.2 Å². The van der Waals surface area contributed by atoms with Crippen LogP contribution in [0.25, 0.3) is 0 Å². The maximum atomic E-state index is 12.6. The summed E-state index contributed by atoms with van der Waals surface area (Å²) in [5.41, 5.74) is 5.26. The first-order valence-electron chi connectivity index (χ1n) is 7.06. The van der Waals surface area contributed by atoms with Crippen LogP contribution in [0.4, 0.5) is 5.69 Å². The highest BCUT2D eigenvalue weighted by atomic mass is 35.5. The Kier molecular flexibility index (Phi) is 4.77. The maximum absolute atomic E-state index is 12.6. The molecule has 2 rings (SSSR count). The highest BCUT2D eigenvalue weighted by molar-refractivity contribution is 6.31. The van der Waals surface area contributed by atoms with Gasteiger partial charge in [-0.2, -0.15) is 0 Å². The van der Waals surface area contributed by atoms with Crippen LogP contribution < -0.4 is 10.1 Å². The number of carbonyl (C=O) groups is 1. The van der Waals surface area contributed by atoms with Crippen molar-refractivity contribution in [1.82, 2.24) is 0 Å². The van der Waals surface area contributed by atoms with Gasteiger partial charge in [-0.25, -0.2) is 0 Å². The van der Waals surface area contributed by atoms with E-state index in [-0.39, 0.29) is 5.91 Å². The number of ether oxygens (including phenoxy) is 1. The van der Waals surface area contributed by atoms with E-state index < -0.39 is 0 Å². The molecule has 0 aliphatic heterocycles. The van der Waals surface area contributed by atoms with Gasteiger partial charge in [-0.15, -0.1) is 0 Å². The number of methoxy groups -OCH3 is 1. The van der Waals surface area contributed by atoms with E-state index in [1.807, 2.05) is 45.9 Å². The van der Waals surface area contributed by atoms with Gasteiger partial charge in [0.1, 0.15) is 5.75 Å². The number of amides is 1. The molecule has 0 aliphatic carbocycles. The maximum Gasteiger partial charge on any atom is 0.256 e. The molecule has 2 aromatic carbocycles. The van der Waals surface area contributed by atoms with Gasteiger partial charge in [0.05, 0.1) is 12.8 Å². The fourth-order valence-corrected chi connectivity index (χ4v) is 2.81. The Balaban J connectivity index is 2.40. The van der Waals surface area contributed by atoms with E-state index in [9.17, 15) is 4.79 Å². The van der Waals surface area contributed by atoms with Crippen molar-refractivity contribution in [2.45, 2.75) is 27.7 Å². The number of carbonyl (C=O) groups excluding carboxylic acids is 1. The summed E-state index contributed by atoms with van der Waals surface area (Å²) in [4.78, 5) is 12.6. The minimum absolute atomic E-state index is 0.143. The molecule has 0 atom stereocenters. The van der Waals surface area contributed by atoms with Crippen molar-refractivity contribution >= 4 is 23.2 Å². The lowest BCUT2D eigenvalue weighted by Gasteiger charge is -2.15. The van der Waals surface area contributed by atoms with Crippen molar-refractivity contribution in [1.29, 1.82) is 0 Å². The predicted octanol–water partition coefficient (Wildman–Crippen LogP) is 4.83. The van der Waals surface area contributed by atoms with Gasteiger partial charge in [-0.3, -0.25) is 4.79 Å². The topological polar surface area (TPSA) is 38.3 Å². The fourth-order valence-electron chi connectivity index (χ4n) is 2.65. The lowest BCUT2D eigenvalue weighted by Crippen LogP contribution is -2.16. The van der Waals surface area contributed by atoms with Crippen LogP contribution in [0.1, 0.15) is 32.6 Å². The number of anilines is 1. The number of hydrogen-bond donors (Lipinski definition) is 1. The zero-order valence-corrected chi connectivity index (χ0v) is 14.3. The van der Waals surface area contributed by atoms with Crippen molar-refractivity contribution in [3.05, 3.63) is 57.1 Å². The molecular weight excluding hydrogens is 298 g/mol. The minimum Gasteiger partial charge on any atom is -0.495 e. The fraction of sp³-hybridized carbons (Fsp3) is 0.278. The van der Waals surface area contributed by atoms with E-state index in [4.69, 9.17) is 16.3 Å². The zero-order valence-electron chi connectivity index (χ0n) is 13.5. The summed E-state index contributed by atoms with van der Waals surface area (Å²) < 4.78 is 5.30. The monoisotopic (exact) mass is 317 g/mol. The Morgan fingerprint density at radius 1 is 1.00 bits per heavy atom. The lowest BCUT2D eigenvalue weighted by molar-refractivity contribution is 0.102. The number of halogens is 1. The van der Waals surface area contributed by atoms with Crippen molar-refractivity contribution < 1.29 is 9.53 Å². The van der Waals surface area contributed by atoms with Gasteiger partial charge in [-0.05, 0) is 50.5 Å². The van der Waals surface area contributed by atoms with E-state index in [2.05, 4.69) is 5.32 Å². The first-order chi connectivity index (χ1) is 10.3. The van der Waals surface area contributed by atoms with Crippen molar-refractivity contribution in [2.24, 2.45) is 0 Å². The highest BCUT2D eigenvalue weighted by Crippen LogP contribution is 2.31. The van der Waals surface area contributed by atoms with Crippen LogP contribution >= 0.6 is 11.6 Å². The molecule has 2 aromatic rings. The Morgan fingerprint density at radius 2 is 1.59 bits per heavy atom. The van der Waals surface area contributed by atoms with Crippen LogP contribution in [0.3, 0.4) is 0 Å². The van der Waals surface area contributed by atoms with Gasteiger partial charge in [0.15, 0.2) is 0 Å². The Labute approximate surface area is 136 Å². The largest absolute Gasteiger partial charge is 0.495 e. The van der Waals surface area contributed by atoms with Gasteiger partial charge >= 0.3 is 0 Å². The van der Waals surface area contributed by atoms with Crippen LogP contribution in [-0.4, -0.2) is 13.0 Å². The molecule has 0 aliphatic rings. The van der Waals surface area contributed by atoms with Crippen LogP contribution in [-0.2, 0) is 0 Å². The summed E-state index contributed by atoms with van der Waals surface area (Å²) >= 11 is 6.09. The quantitative estimate of drug-likeness (QED) is 0.880. The average Bonchev–Trinajstić information content (AvgIpc) is 2.41. The third-order valence-electron chi connectivity index (χ3n) is 3.63. The molecule has 0 bridgehead atoms. The summed E-state index contributed by atoms with van der Waals surface area (Å²) in [5, 5.41) is 3.53. The van der Waals surface area contributed by atoms with E-state index in [0.717, 1.165) is 22.3 Å². The molecule has 0 fully saturated rings. The van der Waals surface area contributed by atoms with Gasteiger partial charge < -0.3 is 10.1 Å². The summed E-state index contributed by atoms with van der Waals surface area (Å²) in [6, 6.07) is 7.54. The second-order valence-electron chi connectivity index (χ2n) is 5.53. The number of hydrogen-bond acceptors (Lipinski definition) is 2. The van der Waals surface area contributed by atoms with Crippen molar-refractivity contribution in [3.8, 4) is 5.75 Å². The summed E-state index contributed by atoms with van der Waals surface area (Å²) in [6.45, 7) is 7.80. The van der Waals surface area contributed by atoms with E-state index in [1.165, 1.54) is 0 Å². The third-order valence-corrected chi connectivity index (χ3v) is 4.04. The molecule has 0 radical (unpaired) electrons. The smallest absolute Gasteiger partial charge is 0.256 e. The molecule has 116 valence electrons. The van der Waals surface area contributed by atoms with Gasteiger partial charge in [0, 0.05) is 16.7 Å². The summed E-state index contributed by atoms with van der Waals surface area (Å²) in [5.74, 6) is 0.404. The molecule has 1 amide bonds. The molecule has 0 heterocycles. The Morgan fingerprint density at radius 3 is 2.14 bits per heavy atom. The van der Waals surface area contributed by atoms with E-state index in [0.29, 0.717) is 22.0 Å². The van der Waals surface area contributed by atoms with Crippen molar-refractivity contribution in [3.63, 3.8) is 0 Å². The normalized spacial score (nSPS) is 10.5. The molecule has 3 nitrogen and oxygen atoms in total. The second-order valence-corrected chi connectivity index (χ2v) is 5.94. The van der Waals surface area contributed by atoms with Crippen LogP contribution in [0.5, 0.6) is 5.75 Å². The number of nitrogens with one attached hydrogen (secondary N) is 1. The van der Waals surface area contributed by atoms with E-state index >= 15 is 0 Å². The molecule has 0 unspecified atom stereocenters. The predicted molar refractivity (Wildman–Crippen MR) is 91.3 cm³/mol. The third kappa shape index (κ3) is 3.25. The van der Waals surface area contributed by atoms with Gasteiger partial charge in [0.2, 0.25) is 0 Å². The lowest BCUT2D eigenvalue weighted by atomic mass is 9.99. The summed E-state index contributed by atoms with van der Waals surface area (Å²) in [6.07, 6.45) is 0. The van der Waals surface area contributed by atoms with Gasteiger partial charge in [-0.1, -0.05) is 29.3 Å². The number of rotatable bonds is 3. The van der Waals surface area contributed by atoms with Gasteiger partial charge in [0.25, 0.3) is 5.91 Å². The SMILES string of the molecule is COc1cc(Cl)c(C)cc1NC(=O)c1c(C)cc(C)cc1C. The molecule has 4 heteroatoms. The molecular formula is C18H20ClNO2. The first kappa shape index (κ1) is 16.4. The molecule has 0 saturated heterocycles. The number of aryl methyl sites for hydroxylation is 4. The van der Waals surface area contributed by atoms with Crippen LogP contribution in [0.15, 0.2) is 24.3 Å².